The van der Waals surface area contributed by atoms with E-state index in [1.807, 2.05) is 44.2 Å². The second-order valence-electron chi connectivity index (χ2n) is 5.79. The van der Waals surface area contributed by atoms with Gasteiger partial charge in [0.25, 0.3) is 0 Å². The highest BCUT2D eigenvalue weighted by atomic mass is 35.5. The fourth-order valence-electron chi connectivity index (χ4n) is 2.68. The third-order valence-electron chi connectivity index (χ3n) is 3.74. The maximum atomic E-state index is 9.39. The number of pyridine rings is 1. The van der Waals surface area contributed by atoms with Crippen LogP contribution < -0.4 is 0 Å². The van der Waals surface area contributed by atoms with Gasteiger partial charge in [0.1, 0.15) is 11.2 Å². The molecule has 0 amide bonds. The van der Waals surface area contributed by atoms with Crippen LogP contribution in [-0.2, 0) is 17.8 Å². The minimum atomic E-state index is -0.294. The molecule has 21 heavy (non-hydrogen) atoms. The van der Waals surface area contributed by atoms with Gasteiger partial charge in [0.2, 0.25) is 0 Å². The highest BCUT2D eigenvalue weighted by Gasteiger charge is 2.31. The van der Waals surface area contributed by atoms with Gasteiger partial charge in [-0.15, -0.1) is 0 Å². The Kier molecular flexibility index (Phi) is 3.44. The van der Waals surface area contributed by atoms with Gasteiger partial charge in [0.05, 0.1) is 23.5 Å². The molecule has 0 bridgehead atoms. The van der Waals surface area contributed by atoms with E-state index in [0.29, 0.717) is 18.6 Å². The first kappa shape index (κ1) is 14.1. The van der Waals surface area contributed by atoms with Crippen LogP contribution in [0.15, 0.2) is 30.3 Å². The number of hydrogen-bond donors (Lipinski definition) is 0. The van der Waals surface area contributed by atoms with Crippen LogP contribution in [0.4, 0.5) is 0 Å². The summed E-state index contributed by atoms with van der Waals surface area (Å²) >= 11 is 6.24. The molecule has 3 nitrogen and oxygen atoms in total. The SMILES string of the molecule is CC1(C)Cc2c(C#N)c(Cl)nc(-c3ccccc3)c2CO1. The van der Waals surface area contributed by atoms with Crippen LogP contribution in [0.2, 0.25) is 5.15 Å². The number of halogens is 1. The second kappa shape index (κ2) is 5.14. The van der Waals surface area contributed by atoms with Crippen LogP contribution >= 0.6 is 11.6 Å². The maximum Gasteiger partial charge on any atom is 0.147 e. The van der Waals surface area contributed by atoms with Crippen molar-refractivity contribution in [2.24, 2.45) is 0 Å². The lowest BCUT2D eigenvalue weighted by Gasteiger charge is -2.33. The molecule has 0 atom stereocenters. The third kappa shape index (κ3) is 2.53. The maximum absolute atomic E-state index is 9.39. The number of ether oxygens (including phenoxy) is 1. The minimum absolute atomic E-state index is 0.271. The number of benzene rings is 1. The van der Waals surface area contributed by atoms with Crippen molar-refractivity contribution in [2.45, 2.75) is 32.5 Å². The second-order valence-corrected chi connectivity index (χ2v) is 6.14. The Bertz CT molecular complexity index is 733. The summed E-state index contributed by atoms with van der Waals surface area (Å²) in [6.07, 6.45) is 0.660. The normalized spacial score (nSPS) is 16.1. The van der Waals surface area contributed by atoms with Crippen LogP contribution in [0, 0.1) is 11.3 Å². The number of nitriles is 1. The molecule has 1 aliphatic rings. The molecule has 0 aliphatic carbocycles. The molecule has 0 radical (unpaired) electrons. The molecule has 2 heterocycles. The van der Waals surface area contributed by atoms with E-state index in [9.17, 15) is 5.26 Å². The summed E-state index contributed by atoms with van der Waals surface area (Å²) in [7, 11) is 0. The lowest BCUT2D eigenvalue weighted by Crippen LogP contribution is -2.33. The molecule has 106 valence electrons. The average Bonchev–Trinajstić information content (AvgIpc) is 2.46. The summed E-state index contributed by atoms with van der Waals surface area (Å²) in [5.41, 5.74) is 3.92. The van der Waals surface area contributed by atoms with Gasteiger partial charge in [0.15, 0.2) is 0 Å². The Labute approximate surface area is 129 Å². The van der Waals surface area contributed by atoms with E-state index in [1.165, 1.54) is 0 Å². The summed E-state index contributed by atoms with van der Waals surface area (Å²) in [6.45, 7) is 4.49. The summed E-state index contributed by atoms with van der Waals surface area (Å²) in [5.74, 6) is 0. The van der Waals surface area contributed by atoms with Crippen molar-refractivity contribution >= 4 is 11.6 Å². The van der Waals surface area contributed by atoms with Crippen molar-refractivity contribution in [3.63, 3.8) is 0 Å². The lowest BCUT2D eigenvalue weighted by molar-refractivity contribution is -0.0400. The van der Waals surface area contributed by atoms with Crippen molar-refractivity contribution in [3.05, 3.63) is 52.2 Å². The Hall–Kier alpha value is -1.89. The molecule has 0 fully saturated rings. The molecular weight excluding hydrogens is 284 g/mol. The average molecular weight is 299 g/mol. The number of hydrogen-bond acceptors (Lipinski definition) is 3. The Balaban J connectivity index is 2.26. The Morgan fingerprint density at radius 1 is 1.24 bits per heavy atom. The Morgan fingerprint density at radius 2 is 1.95 bits per heavy atom. The summed E-state index contributed by atoms with van der Waals surface area (Å²) in [5, 5.41) is 9.66. The molecular formula is C17H15ClN2O. The molecule has 3 rings (SSSR count). The molecule has 0 saturated heterocycles. The molecule has 1 aromatic carbocycles. The van der Waals surface area contributed by atoms with Crippen molar-refractivity contribution < 1.29 is 4.74 Å². The first-order chi connectivity index (χ1) is 10.0. The van der Waals surface area contributed by atoms with Crippen LogP contribution in [0.1, 0.15) is 30.5 Å². The van der Waals surface area contributed by atoms with E-state index < -0.39 is 0 Å². The third-order valence-corrected chi connectivity index (χ3v) is 4.01. The fourth-order valence-corrected chi connectivity index (χ4v) is 2.92. The van der Waals surface area contributed by atoms with E-state index >= 15 is 0 Å². The monoisotopic (exact) mass is 298 g/mol. The summed E-state index contributed by atoms with van der Waals surface area (Å²) in [4.78, 5) is 4.44. The van der Waals surface area contributed by atoms with E-state index in [4.69, 9.17) is 16.3 Å². The molecule has 2 aromatic rings. The zero-order chi connectivity index (χ0) is 15.0. The predicted molar refractivity (Wildman–Crippen MR) is 82.0 cm³/mol. The summed E-state index contributed by atoms with van der Waals surface area (Å²) < 4.78 is 5.90. The van der Waals surface area contributed by atoms with Crippen LogP contribution in [0.25, 0.3) is 11.3 Å². The largest absolute Gasteiger partial charge is 0.370 e. The van der Waals surface area contributed by atoms with Gasteiger partial charge in [-0.05, 0) is 19.4 Å². The highest BCUT2D eigenvalue weighted by Crippen LogP contribution is 2.37. The molecule has 0 unspecified atom stereocenters. The molecule has 4 heteroatoms. The highest BCUT2D eigenvalue weighted by molar-refractivity contribution is 6.30. The summed E-state index contributed by atoms with van der Waals surface area (Å²) in [6, 6.07) is 12.1. The van der Waals surface area contributed by atoms with Crippen LogP contribution in [-0.4, -0.2) is 10.6 Å². The minimum Gasteiger partial charge on any atom is -0.370 e. The van der Waals surface area contributed by atoms with E-state index in [2.05, 4.69) is 11.1 Å². The van der Waals surface area contributed by atoms with Crippen LogP contribution in [0.5, 0.6) is 0 Å². The zero-order valence-electron chi connectivity index (χ0n) is 12.0. The van der Waals surface area contributed by atoms with Crippen molar-refractivity contribution in [1.29, 1.82) is 5.26 Å². The van der Waals surface area contributed by atoms with Crippen molar-refractivity contribution in [2.75, 3.05) is 0 Å². The molecule has 0 saturated carbocycles. The molecule has 1 aliphatic heterocycles. The molecule has 0 N–H and O–H groups in total. The molecule has 0 spiro atoms. The van der Waals surface area contributed by atoms with Crippen molar-refractivity contribution in [1.82, 2.24) is 4.98 Å². The molecule has 1 aromatic heterocycles. The predicted octanol–water partition coefficient (Wildman–Crippen LogP) is 4.12. The van der Waals surface area contributed by atoms with Gasteiger partial charge in [-0.2, -0.15) is 5.26 Å². The fraction of sp³-hybridized carbons (Fsp3) is 0.294. The van der Waals surface area contributed by atoms with Gasteiger partial charge in [0, 0.05) is 17.5 Å². The number of nitrogens with zero attached hydrogens (tertiary/aromatic N) is 2. The first-order valence-electron chi connectivity index (χ1n) is 6.82. The Morgan fingerprint density at radius 3 is 2.62 bits per heavy atom. The van der Waals surface area contributed by atoms with E-state index in [0.717, 1.165) is 22.4 Å². The zero-order valence-corrected chi connectivity index (χ0v) is 12.7. The van der Waals surface area contributed by atoms with Gasteiger partial charge in [-0.1, -0.05) is 41.9 Å². The van der Waals surface area contributed by atoms with E-state index in [-0.39, 0.29) is 10.8 Å². The smallest absolute Gasteiger partial charge is 0.147 e. The quantitative estimate of drug-likeness (QED) is 0.744. The number of aromatic nitrogens is 1. The number of rotatable bonds is 1. The van der Waals surface area contributed by atoms with Crippen molar-refractivity contribution in [3.8, 4) is 17.3 Å². The van der Waals surface area contributed by atoms with Gasteiger partial charge in [-0.25, -0.2) is 4.98 Å². The van der Waals surface area contributed by atoms with Crippen LogP contribution in [0.3, 0.4) is 0 Å². The number of fused-ring (bicyclic) bond motifs is 1. The van der Waals surface area contributed by atoms with E-state index in [1.54, 1.807) is 0 Å². The lowest BCUT2D eigenvalue weighted by atomic mass is 9.87. The standard InChI is InChI=1S/C17H15ClN2O/c1-17(2)8-12-13(9-19)16(18)20-15(14(12)10-21-17)11-6-4-3-5-7-11/h3-7H,8,10H2,1-2H3. The topological polar surface area (TPSA) is 45.9 Å². The van der Waals surface area contributed by atoms with Gasteiger partial charge < -0.3 is 4.74 Å². The first-order valence-corrected chi connectivity index (χ1v) is 7.20. The van der Waals surface area contributed by atoms with Gasteiger partial charge in [-0.3, -0.25) is 0 Å². The van der Waals surface area contributed by atoms with Gasteiger partial charge >= 0.3 is 0 Å².